The van der Waals surface area contributed by atoms with Crippen molar-refractivity contribution in [3.05, 3.63) is 38.5 Å². The van der Waals surface area contributed by atoms with Gasteiger partial charge < -0.3 is 20.9 Å². The van der Waals surface area contributed by atoms with Crippen molar-refractivity contribution in [1.82, 2.24) is 9.38 Å². The summed E-state index contributed by atoms with van der Waals surface area (Å²) in [6.45, 7) is 0. The van der Waals surface area contributed by atoms with Gasteiger partial charge in [0.25, 0.3) is 0 Å². The van der Waals surface area contributed by atoms with E-state index in [1.54, 1.807) is 10.6 Å². The van der Waals surface area contributed by atoms with Crippen molar-refractivity contribution in [1.29, 1.82) is 0 Å². The molecule has 0 spiro atoms. The lowest BCUT2D eigenvalue weighted by Crippen LogP contribution is -2.21. The Morgan fingerprint density at radius 3 is 2.45 bits per heavy atom. The summed E-state index contributed by atoms with van der Waals surface area (Å²) in [6, 6.07) is 2.74. The van der Waals surface area contributed by atoms with Crippen LogP contribution in [0.15, 0.2) is 28.5 Å². The van der Waals surface area contributed by atoms with Gasteiger partial charge in [-0.05, 0) is 0 Å². The van der Waals surface area contributed by atoms with Crippen LogP contribution in [-0.4, -0.2) is 40.7 Å². The summed E-state index contributed by atoms with van der Waals surface area (Å²) in [5.74, 6) is 0.0830. The van der Waals surface area contributed by atoms with E-state index in [4.69, 9.17) is 32.5 Å². The van der Waals surface area contributed by atoms with Crippen LogP contribution >= 0.6 is 60.2 Å². The average Bonchev–Trinajstić information content (AvgIpc) is 3.16. The minimum atomic E-state index is -0.558. The van der Waals surface area contributed by atoms with Gasteiger partial charge in [-0.1, -0.05) is 22.9 Å². The Morgan fingerprint density at radius 1 is 1.26 bits per heavy atom. The molecule has 0 bridgehead atoms. The number of benzene rings is 1. The first-order valence-corrected chi connectivity index (χ1v) is 8.75. The number of hydrogen-bond acceptors (Lipinski definition) is 8. The molecule has 3 aromatic rings. The number of rotatable bonds is 6. The van der Waals surface area contributed by atoms with Crippen molar-refractivity contribution >= 4 is 83.0 Å². The van der Waals surface area contributed by atoms with Gasteiger partial charge in [-0.2, -0.15) is 5.10 Å². The van der Waals surface area contributed by atoms with E-state index in [9.17, 15) is 10.1 Å². The number of fused-ring (bicyclic) bond motifs is 1. The van der Waals surface area contributed by atoms with Crippen LogP contribution in [0.5, 0.6) is 11.5 Å². The number of halogens is 4. The molecule has 3 rings (SSSR count). The second kappa shape index (κ2) is 11.8. The molecule has 0 aliphatic carbocycles. The number of thiazole rings is 1. The fraction of sp³-hybridized carbons (Fsp3) is 0.133. The maximum Gasteiger partial charge on any atom is 0.314 e. The zero-order valence-electron chi connectivity index (χ0n) is 15.8. The van der Waals surface area contributed by atoms with Crippen molar-refractivity contribution in [2.45, 2.75) is 0 Å². The van der Waals surface area contributed by atoms with Gasteiger partial charge in [0.15, 0.2) is 10.7 Å². The van der Waals surface area contributed by atoms with Gasteiger partial charge in [0.2, 0.25) is 5.96 Å². The topological polar surface area (TPSA) is 156 Å². The van der Waals surface area contributed by atoms with Crippen molar-refractivity contribution in [3.63, 3.8) is 0 Å². The fourth-order valence-corrected chi connectivity index (χ4v) is 3.54. The molecule has 0 amide bonds. The largest absolute Gasteiger partial charge is 0.496 e. The molecule has 1 aromatic carbocycles. The van der Waals surface area contributed by atoms with E-state index in [0.717, 1.165) is 0 Å². The van der Waals surface area contributed by atoms with Gasteiger partial charge in [0.1, 0.15) is 15.8 Å². The molecule has 0 aliphatic heterocycles. The molecule has 0 aliphatic rings. The normalized spacial score (nSPS) is 10.0. The number of guanidine groups is 1. The van der Waals surface area contributed by atoms with E-state index < -0.39 is 4.92 Å². The van der Waals surface area contributed by atoms with Crippen molar-refractivity contribution < 1.29 is 14.4 Å². The van der Waals surface area contributed by atoms with Crippen LogP contribution < -0.4 is 20.9 Å². The monoisotopic (exact) mass is 531 g/mol. The first-order chi connectivity index (χ1) is 13.3. The number of nitrogens with zero attached hydrogens (tertiary/aromatic N) is 5. The highest BCUT2D eigenvalue weighted by Gasteiger charge is 2.24. The number of aromatic nitrogens is 2. The van der Waals surface area contributed by atoms with E-state index in [0.29, 0.717) is 26.2 Å². The van der Waals surface area contributed by atoms with Crippen molar-refractivity contribution in [2.24, 2.45) is 21.7 Å². The van der Waals surface area contributed by atoms with Crippen LogP contribution in [0.1, 0.15) is 5.69 Å². The fourth-order valence-electron chi connectivity index (χ4n) is 2.52. The Bertz CT molecular complexity index is 1130. The Balaban J connectivity index is 0.00000300. The van der Waals surface area contributed by atoms with Crippen molar-refractivity contribution in [3.8, 4) is 22.8 Å². The van der Waals surface area contributed by atoms with Gasteiger partial charge in [-0.25, -0.2) is 4.98 Å². The molecule has 0 unspecified atom stereocenters. The zero-order chi connectivity index (χ0) is 20.4. The van der Waals surface area contributed by atoms with Gasteiger partial charge >= 0.3 is 5.69 Å². The Labute approximate surface area is 203 Å². The lowest BCUT2D eigenvalue weighted by molar-refractivity contribution is -0.385. The van der Waals surface area contributed by atoms with Crippen LogP contribution in [0, 0.1) is 10.1 Å². The predicted octanol–water partition coefficient (Wildman–Crippen LogP) is 3.51. The summed E-state index contributed by atoms with van der Waals surface area (Å²) in [4.78, 5) is 15.8. The summed E-state index contributed by atoms with van der Waals surface area (Å²) in [5, 5.41) is 18.7. The maximum absolute atomic E-state index is 11.3. The number of nitro benzene ring substituents is 1. The molecule has 0 saturated heterocycles. The number of ether oxygens (including phenoxy) is 2. The molecule has 11 nitrogen and oxygen atoms in total. The van der Waals surface area contributed by atoms with E-state index in [-0.39, 0.29) is 60.4 Å². The van der Waals surface area contributed by atoms with Crippen LogP contribution in [0.25, 0.3) is 16.2 Å². The highest BCUT2D eigenvalue weighted by atomic mass is 35.5. The summed E-state index contributed by atoms with van der Waals surface area (Å²) < 4.78 is 12.7. The molecule has 0 atom stereocenters. The van der Waals surface area contributed by atoms with Crippen LogP contribution in [0.4, 0.5) is 5.69 Å². The number of imidazole rings is 1. The van der Waals surface area contributed by atoms with Gasteiger partial charge in [0.05, 0.1) is 37.1 Å². The third-order valence-electron chi connectivity index (χ3n) is 3.64. The summed E-state index contributed by atoms with van der Waals surface area (Å²) in [5.41, 5.74) is 11.8. The van der Waals surface area contributed by atoms with E-state index in [2.05, 4.69) is 15.2 Å². The standard InChI is InChI=1S/C15H14ClN7O4S.3ClH/c1-26-10-4-8(23(24)25)11(27-2)3-7(10)13-9(5-19-21-14(17)18)22-6-12(16)28-15(22)20-13;;;/h3-6H,1-2H3,(H4,17,18,21);3*1H/b19-5+;;;. The molecule has 4 N–H and O–H groups in total. The quantitative estimate of drug-likeness (QED) is 0.213. The highest BCUT2D eigenvalue weighted by Crippen LogP contribution is 2.41. The minimum absolute atomic E-state index is 0. The maximum atomic E-state index is 11.3. The molecule has 0 fully saturated rings. The Hall–Kier alpha value is -2.51. The summed E-state index contributed by atoms with van der Waals surface area (Å²) in [6.07, 6.45) is 3.05. The van der Waals surface area contributed by atoms with Crippen molar-refractivity contribution in [2.75, 3.05) is 14.2 Å². The number of nitro groups is 1. The van der Waals surface area contributed by atoms with Crippen LogP contribution in [-0.2, 0) is 0 Å². The van der Waals surface area contributed by atoms with Crippen LogP contribution in [0.2, 0.25) is 4.34 Å². The second-order valence-electron chi connectivity index (χ2n) is 5.28. The predicted molar refractivity (Wildman–Crippen MR) is 128 cm³/mol. The van der Waals surface area contributed by atoms with Gasteiger partial charge in [-0.15, -0.1) is 42.3 Å². The van der Waals surface area contributed by atoms with Crippen LogP contribution in [0.3, 0.4) is 0 Å². The molecule has 2 heterocycles. The summed E-state index contributed by atoms with van der Waals surface area (Å²) in [7, 11) is 2.74. The first-order valence-electron chi connectivity index (χ1n) is 7.55. The minimum Gasteiger partial charge on any atom is -0.496 e. The lowest BCUT2D eigenvalue weighted by atomic mass is 10.1. The molecule has 0 saturated carbocycles. The van der Waals surface area contributed by atoms with Gasteiger partial charge in [-0.3, -0.25) is 14.5 Å². The molecule has 170 valence electrons. The summed E-state index contributed by atoms with van der Waals surface area (Å²) >= 11 is 7.31. The molecule has 0 radical (unpaired) electrons. The average molecular weight is 533 g/mol. The van der Waals surface area contributed by atoms with E-state index >= 15 is 0 Å². The number of hydrogen-bond donors (Lipinski definition) is 2. The van der Waals surface area contributed by atoms with Gasteiger partial charge in [0, 0.05) is 17.8 Å². The Kier molecular flexibility index (Phi) is 10.8. The van der Waals surface area contributed by atoms with E-state index in [1.165, 1.54) is 43.9 Å². The second-order valence-corrected chi connectivity index (χ2v) is 6.92. The third-order valence-corrected chi connectivity index (χ3v) is 4.74. The molecule has 2 aromatic heterocycles. The Morgan fingerprint density at radius 2 is 1.90 bits per heavy atom. The number of methoxy groups -OCH3 is 2. The number of nitrogens with two attached hydrogens (primary N) is 2. The molecule has 31 heavy (non-hydrogen) atoms. The highest BCUT2D eigenvalue weighted by molar-refractivity contribution is 7.20. The third kappa shape index (κ3) is 5.80. The smallest absolute Gasteiger partial charge is 0.314 e. The zero-order valence-corrected chi connectivity index (χ0v) is 19.9. The molecular weight excluding hydrogens is 516 g/mol. The first kappa shape index (κ1) is 28.5. The lowest BCUT2D eigenvalue weighted by Gasteiger charge is -2.10. The SMILES string of the molecule is COc1cc([N+](=O)[O-])c(OC)cc1-c1nc2sc(Cl)cn2c1/C=N/N=C(N)N.Cl.Cl.Cl. The molecular formula is C15H17Cl4N7O4S. The van der Waals surface area contributed by atoms with E-state index in [1.807, 2.05) is 0 Å². The molecule has 16 heteroatoms.